The second kappa shape index (κ2) is 12.8. The number of carbonyl (C=O) groups is 1. The van der Waals surface area contributed by atoms with Crippen LogP contribution in [-0.2, 0) is 9.53 Å². The zero-order valence-corrected chi connectivity index (χ0v) is 11.6. The lowest BCUT2D eigenvalue weighted by molar-refractivity contribution is -0.131. The van der Waals surface area contributed by atoms with Crippen molar-refractivity contribution in [3.63, 3.8) is 0 Å². The maximum atomic E-state index is 11.9. The number of hydrogen-bond donors (Lipinski definition) is 2. The second-order valence-electron chi connectivity index (χ2n) is 4.26. The highest BCUT2D eigenvalue weighted by atomic mass is 16.5. The van der Waals surface area contributed by atoms with E-state index in [0.717, 1.165) is 32.2 Å². The number of hydrogen-bond acceptors (Lipinski definition) is 4. The predicted molar refractivity (Wildman–Crippen MR) is 72.3 cm³/mol. The molecule has 0 aliphatic heterocycles. The van der Waals surface area contributed by atoms with Gasteiger partial charge in [0.25, 0.3) is 0 Å². The number of rotatable bonds is 12. The minimum Gasteiger partial charge on any atom is -0.394 e. The second-order valence-corrected chi connectivity index (χ2v) is 4.26. The third-order valence-corrected chi connectivity index (χ3v) is 2.82. The Bertz CT molecular complexity index is 201. The number of ether oxygens (including phenoxy) is 1. The molecule has 1 amide bonds. The number of unbranched alkanes of at least 4 members (excludes halogenated alkanes) is 3. The van der Waals surface area contributed by atoms with Gasteiger partial charge < -0.3 is 20.5 Å². The zero-order valence-electron chi connectivity index (χ0n) is 11.6. The van der Waals surface area contributed by atoms with Crippen LogP contribution in [0.4, 0.5) is 0 Å². The Kier molecular flexibility index (Phi) is 12.3. The normalized spacial score (nSPS) is 10.6. The summed E-state index contributed by atoms with van der Waals surface area (Å²) in [5.74, 6) is 0.192. The first-order chi connectivity index (χ1) is 8.76. The van der Waals surface area contributed by atoms with Crippen LogP contribution in [0.25, 0.3) is 0 Å². The van der Waals surface area contributed by atoms with Gasteiger partial charge in [-0.1, -0.05) is 12.8 Å². The van der Waals surface area contributed by atoms with Gasteiger partial charge in [0, 0.05) is 19.5 Å². The van der Waals surface area contributed by atoms with E-state index in [1.807, 2.05) is 6.92 Å². The number of nitrogens with zero attached hydrogens (tertiary/aromatic N) is 1. The Morgan fingerprint density at radius 2 is 1.94 bits per heavy atom. The average molecular weight is 260 g/mol. The molecule has 0 rings (SSSR count). The van der Waals surface area contributed by atoms with Gasteiger partial charge in [0.15, 0.2) is 0 Å². The molecule has 0 aromatic carbocycles. The smallest absolute Gasteiger partial charge is 0.222 e. The molecule has 0 aliphatic rings. The summed E-state index contributed by atoms with van der Waals surface area (Å²) >= 11 is 0. The summed E-state index contributed by atoms with van der Waals surface area (Å²) in [4.78, 5) is 13.7. The maximum absolute atomic E-state index is 11.9. The van der Waals surface area contributed by atoms with Gasteiger partial charge >= 0.3 is 0 Å². The zero-order chi connectivity index (χ0) is 13.6. The minimum atomic E-state index is 0.0290. The highest BCUT2D eigenvalue weighted by molar-refractivity contribution is 5.76. The van der Waals surface area contributed by atoms with Crippen LogP contribution >= 0.6 is 0 Å². The standard InChI is InChI=1S/C13H28N2O3/c1-2-15(9-11-18-12-10-16)13(17)7-5-3-4-6-8-14/h16H,2-12,14H2,1H3. The van der Waals surface area contributed by atoms with E-state index < -0.39 is 0 Å². The number of amides is 1. The van der Waals surface area contributed by atoms with Gasteiger partial charge in [0.2, 0.25) is 5.91 Å². The fraction of sp³-hybridized carbons (Fsp3) is 0.923. The molecule has 0 aromatic rings. The van der Waals surface area contributed by atoms with E-state index in [9.17, 15) is 4.79 Å². The lowest BCUT2D eigenvalue weighted by atomic mass is 10.1. The molecule has 0 saturated carbocycles. The van der Waals surface area contributed by atoms with Gasteiger partial charge in [-0.05, 0) is 26.3 Å². The molecular weight excluding hydrogens is 232 g/mol. The van der Waals surface area contributed by atoms with Gasteiger partial charge in [-0.3, -0.25) is 4.79 Å². The Labute approximate surface area is 110 Å². The molecule has 0 unspecified atom stereocenters. The number of nitrogens with two attached hydrogens (primary N) is 1. The lowest BCUT2D eigenvalue weighted by Crippen LogP contribution is -2.33. The van der Waals surface area contributed by atoms with Crippen molar-refractivity contribution < 1.29 is 14.6 Å². The van der Waals surface area contributed by atoms with E-state index in [1.165, 1.54) is 0 Å². The minimum absolute atomic E-state index is 0.0290. The summed E-state index contributed by atoms with van der Waals surface area (Å²) in [7, 11) is 0. The highest BCUT2D eigenvalue weighted by Crippen LogP contribution is 2.05. The first-order valence-electron chi connectivity index (χ1n) is 6.92. The van der Waals surface area contributed by atoms with Gasteiger partial charge in [-0.15, -0.1) is 0 Å². The molecule has 108 valence electrons. The molecule has 5 heteroatoms. The van der Waals surface area contributed by atoms with Crippen LogP contribution in [-0.4, -0.2) is 55.4 Å². The van der Waals surface area contributed by atoms with Crippen LogP contribution in [0, 0.1) is 0 Å². The Morgan fingerprint density at radius 1 is 1.22 bits per heavy atom. The summed E-state index contributed by atoms with van der Waals surface area (Å²) in [6.07, 6.45) is 4.77. The highest BCUT2D eigenvalue weighted by Gasteiger charge is 2.10. The van der Waals surface area contributed by atoms with Crippen LogP contribution in [0.3, 0.4) is 0 Å². The summed E-state index contributed by atoms with van der Waals surface area (Å²) in [6.45, 7) is 4.89. The molecule has 0 aromatic heterocycles. The van der Waals surface area contributed by atoms with E-state index in [0.29, 0.717) is 32.7 Å². The van der Waals surface area contributed by atoms with Crippen molar-refractivity contribution in [2.45, 2.75) is 39.0 Å². The average Bonchev–Trinajstić information content (AvgIpc) is 2.38. The molecule has 0 atom stereocenters. The van der Waals surface area contributed by atoms with E-state index >= 15 is 0 Å². The Morgan fingerprint density at radius 3 is 2.56 bits per heavy atom. The Balaban J connectivity index is 3.61. The summed E-state index contributed by atoms with van der Waals surface area (Å²) in [5, 5.41) is 8.57. The fourth-order valence-electron chi connectivity index (χ4n) is 1.73. The first-order valence-corrected chi connectivity index (χ1v) is 6.92. The molecule has 0 saturated heterocycles. The molecule has 0 bridgehead atoms. The van der Waals surface area contributed by atoms with Crippen LogP contribution in [0.2, 0.25) is 0 Å². The van der Waals surface area contributed by atoms with Crippen molar-refractivity contribution in [2.75, 3.05) is 39.5 Å². The molecular formula is C13H28N2O3. The molecule has 0 spiro atoms. The molecule has 0 heterocycles. The molecule has 0 fully saturated rings. The number of aliphatic hydroxyl groups is 1. The van der Waals surface area contributed by atoms with Crippen LogP contribution < -0.4 is 5.73 Å². The van der Waals surface area contributed by atoms with Crippen molar-refractivity contribution in [1.29, 1.82) is 0 Å². The van der Waals surface area contributed by atoms with Crippen LogP contribution in [0.1, 0.15) is 39.0 Å². The number of likely N-dealkylation sites (N-methyl/N-ethyl adjacent to an activating group) is 1. The first kappa shape index (κ1) is 17.4. The SMILES string of the molecule is CCN(CCOCCO)C(=O)CCCCCCN. The van der Waals surface area contributed by atoms with Crippen molar-refractivity contribution in [3.8, 4) is 0 Å². The monoisotopic (exact) mass is 260 g/mol. The third-order valence-electron chi connectivity index (χ3n) is 2.82. The van der Waals surface area contributed by atoms with Crippen molar-refractivity contribution in [1.82, 2.24) is 4.90 Å². The topological polar surface area (TPSA) is 75.8 Å². The fourth-order valence-corrected chi connectivity index (χ4v) is 1.73. The maximum Gasteiger partial charge on any atom is 0.222 e. The van der Waals surface area contributed by atoms with Crippen molar-refractivity contribution in [2.24, 2.45) is 5.73 Å². The molecule has 0 aliphatic carbocycles. The molecule has 5 nitrogen and oxygen atoms in total. The predicted octanol–water partition coefficient (Wildman–Crippen LogP) is 0.753. The van der Waals surface area contributed by atoms with Gasteiger partial charge in [0.05, 0.1) is 19.8 Å². The van der Waals surface area contributed by atoms with Gasteiger partial charge in [-0.2, -0.15) is 0 Å². The van der Waals surface area contributed by atoms with E-state index in [2.05, 4.69) is 0 Å². The summed E-state index contributed by atoms with van der Waals surface area (Å²) in [5.41, 5.74) is 5.41. The number of carbonyl (C=O) groups excluding carboxylic acids is 1. The van der Waals surface area contributed by atoms with Crippen molar-refractivity contribution >= 4 is 5.91 Å². The lowest BCUT2D eigenvalue weighted by Gasteiger charge is -2.20. The Hall–Kier alpha value is -0.650. The van der Waals surface area contributed by atoms with Crippen molar-refractivity contribution in [3.05, 3.63) is 0 Å². The number of aliphatic hydroxyl groups excluding tert-OH is 1. The van der Waals surface area contributed by atoms with E-state index in [4.69, 9.17) is 15.6 Å². The van der Waals surface area contributed by atoms with Crippen LogP contribution in [0.5, 0.6) is 0 Å². The van der Waals surface area contributed by atoms with Gasteiger partial charge in [0.1, 0.15) is 0 Å². The molecule has 3 N–H and O–H groups in total. The quantitative estimate of drug-likeness (QED) is 0.508. The summed E-state index contributed by atoms with van der Waals surface area (Å²) < 4.78 is 5.17. The largest absolute Gasteiger partial charge is 0.394 e. The van der Waals surface area contributed by atoms with Crippen LogP contribution in [0.15, 0.2) is 0 Å². The van der Waals surface area contributed by atoms with Gasteiger partial charge in [-0.25, -0.2) is 0 Å². The van der Waals surface area contributed by atoms with E-state index in [1.54, 1.807) is 4.90 Å². The summed E-state index contributed by atoms with van der Waals surface area (Å²) in [6, 6.07) is 0. The molecule has 0 radical (unpaired) electrons. The molecule has 18 heavy (non-hydrogen) atoms. The van der Waals surface area contributed by atoms with E-state index in [-0.39, 0.29) is 12.5 Å². The third kappa shape index (κ3) is 9.39.